The average Bonchev–Trinajstić information content (AvgIpc) is 2.98. The number of nitrogens with zero attached hydrogens (tertiary/aromatic N) is 1. The molecular weight excluding hydrogens is 490 g/mol. The van der Waals surface area contributed by atoms with Gasteiger partial charge in [-0.05, 0) is 97.6 Å². The van der Waals surface area contributed by atoms with Gasteiger partial charge in [-0.3, -0.25) is 9.59 Å². The van der Waals surface area contributed by atoms with Crippen molar-refractivity contribution in [1.82, 2.24) is 0 Å². The van der Waals surface area contributed by atoms with Crippen LogP contribution in [-0.4, -0.2) is 11.6 Å². The summed E-state index contributed by atoms with van der Waals surface area (Å²) in [4.78, 5) is 25.7. The standard InChI is InChI=1S/C37H49NO2/c1-5-9-29(10-7-8-11-35(39)22-18-28-12-14-31(26-38)15-13-28)24-30-16-19-33(20-17-30)37(40)34-21-23-36(27(3)4)32(6-2)25-34/h6,12-15,21,23,25,27,29-30,33H,2,5,7-11,16-20,22,24H2,1,3-4H3. The lowest BCUT2D eigenvalue weighted by Gasteiger charge is -2.30. The van der Waals surface area contributed by atoms with E-state index in [-0.39, 0.29) is 5.92 Å². The van der Waals surface area contributed by atoms with E-state index in [9.17, 15) is 9.59 Å². The topological polar surface area (TPSA) is 57.9 Å². The van der Waals surface area contributed by atoms with Crippen molar-refractivity contribution in [2.24, 2.45) is 17.8 Å². The molecule has 3 nitrogen and oxygen atoms in total. The second-order valence-corrected chi connectivity index (χ2v) is 12.3. The number of nitriles is 1. The number of hydrogen-bond acceptors (Lipinski definition) is 3. The van der Waals surface area contributed by atoms with Gasteiger partial charge in [-0.25, -0.2) is 0 Å². The van der Waals surface area contributed by atoms with E-state index in [4.69, 9.17) is 5.26 Å². The molecule has 3 rings (SSSR count). The van der Waals surface area contributed by atoms with Crippen molar-refractivity contribution in [3.8, 4) is 6.07 Å². The van der Waals surface area contributed by atoms with E-state index in [2.05, 4.69) is 39.5 Å². The molecular formula is C37H49NO2. The van der Waals surface area contributed by atoms with Crippen molar-refractivity contribution < 1.29 is 9.59 Å². The molecule has 1 aliphatic carbocycles. The Morgan fingerprint density at radius 2 is 1.73 bits per heavy atom. The van der Waals surface area contributed by atoms with Crippen LogP contribution in [0.2, 0.25) is 0 Å². The molecule has 1 unspecified atom stereocenters. The fourth-order valence-corrected chi connectivity index (χ4v) is 6.50. The molecule has 0 amide bonds. The number of carbonyl (C=O) groups excluding carboxylic acids is 2. The van der Waals surface area contributed by atoms with Gasteiger partial charge in [0, 0.05) is 24.3 Å². The fourth-order valence-electron chi connectivity index (χ4n) is 6.50. The van der Waals surface area contributed by atoms with Crippen molar-refractivity contribution in [1.29, 1.82) is 5.26 Å². The molecule has 2 aromatic rings. The van der Waals surface area contributed by atoms with Crippen molar-refractivity contribution in [2.45, 2.75) is 110 Å². The van der Waals surface area contributed by atoms with Gasteiger partial charge in [-0.1, -0.05) is 83.4 Å². The van der Waals surface area contributed by atoms with Crippen molar-refractivity contribution in [3.05, 3.63) is 76.9 Å². The number of unbranched alkanes of at least 4 members (excludes halogenated alkanes) is 1. The lowest BCUT2D eigenvalue weighted by Crippen LogP contribution is -2.23. The molecule has 0 aromatic heterocycles. The zero-order chi connectivity index (χ0) is 28.9. The Labute approximate surface area is 243 Å². The van der Waals surface area contributed by atoms with Gasteiger partial charge in [0.1, 0.15) is 5.78 Å². The number of rotatable bonds is 16. The number of ketones is 2. The molecule has 0 aliphatic heterocycles. The Morgan fingerprint density at radius 1 is 1.00 bits per heavy atom. The third-order valence-corrected chi connectivity index (χ3v) is 8.89. The third-order valence-electron chi connectivity index (χ3n) is 8.89. The van der Waals surface area contributed by atoms with Gasteiger partial charge >= 0.3 is 0 Å². The molecule has 40 heavy (non-hydrogen) atoms. The van der Waals surface area contributed by atoms with Crippen LogP contribution in [0.3, 0.4) is 0 Å². The van der Waals surface area contributed by atoms with E-state index in [1.807, 2.05) is 42.5 Å². The number of benzene rings is 2. The van der Waals surface area contributed by atoms with E-state index < -0.39 is 0 Å². The molecule has 1 saturated carbocycles. The van der Waals surface area contributed by atoms with Crippen LogP contribution in [0.4, 0.5) is 0 Å². The molecule has 0 radical (unpaired) electrons. The minimum absolute atomic E-state index is 0.152. The van der Waals surface area contributed by atoms with Crippen LogP contribution in [0, 0.1) is 29.1 Å². The van der Waals surface area contributed by atoms with E-state index in [0.29, 0.717) is 35.9 Å². The van der Waals surface area contributed by atoms with Crippen LogP contribution in [-0.2, 0) is 11.2 Å². The van der Waals surface area contributed by atoms with E-state index in [0.717, 1.165) is 73.5 Å². The first-order chi connectivity index (χ1) is 19.3. The van der Waals surface area contributed by atoms with Gasteiger partial charge in [0.2, 0.25) is 0 Å². The second-order valence-electron chi connectivity index (χ2n) is 12.3. The first kappa shape index (κ1) is 31.5. The van der Waals surface area contributed by atoms with Crippen LogP contribution in [0.1, 0.15) is 136 Å². The molecule has 0 spiro atoms. The van der Waals surface area contributed by atoms with Crippen LogP contribution in [0.15, 0.2) is 49.0 Å². The Morgan fingerprint density at radius 3 is 2.35 bits per heavy atom. The van der Waals surface area contributed by atoms with Crippen molar-refractivity contribution in [3.63, 3.8) is 0 Å². The highest BCUT2D eigenvalue weighted by atomic mass is 16.1. The minimum Gasteiger partial charge on any atom is -0.300 e. The van der Waals surface area contributed by atoms with Gasteiger partial charge < -0.3 is 0 Å². The summed E-state index contributed by atoms with van der Waals surface area (Å²) >= 11 is 0. The maximum absolute atomic E-state index is 13.3. The van der Waals surface area contributed by atoms with Crippen LogP contribution < -0.4 is 0 Å². The molecule has 0 N–H and O–H groups in total. The molecule has 0 bridgehead atoms. The van der Waals surface area contributed by atoms with Crippen molar-refractivity contribution in [2.75, 3.05) is 0 Å². The van der Waals surface area contributed by atoms with Crippen LogP contribution >= 0.6 is 0 Å². The predicted molar refractivity (Wildman–Crippen MR) is 166 cm³/mol. The normalized spacial score (nSPS) is 17.8. The highest BCUT2D eigenvalue weighted by Gasteiger charge is 2.28. The zero-order valence-electron chi connectivity index (χ0n) is 25.1. The molecule has 0 heterocycles. The Bertz CT molecular complexity index is 1150. The minimum atomic E-state index is 0.152. The Kier molecular flexibility index (Phi) is 12.9. The summed E-state index contributed by atoms with van der Waals surface area (Å²) in [6.45, 7) is 10.6. The second kappa shape index (κ2) is 16.3. The molecule has 1 aliphatic rings. The molecule has 0 saturated heterocycles. The zero-order valence-corrected chi connectivity index (χ0v) is 25.1. The molecule has 1 atom stereocenters. The van der Waals surface area contributed by atoms with Crippen molar-refractivity contribution >= 4 is 17.6 Å². The third kappa shape index (κ3) is 9.58. The van der Waals surface area contributed by atoms with Crippen LogP contribution in [0.25, 0.3) is 6.08 Å². The summed E-state index contributed by atoms with van der Waals surface area (Å²) in [6, 6.07) is 15.9. The van der Waals surface area contributed by atoms with Gasteiger partial charge in [-0.15, -0.1) is 0 Å². The molecule has 214 valence electrons. The van der Waals surface area contributed by atoms with E-state index >= 15 is 0 Å². The maximum atomic E-state index is 13.3. The predicted octanol–water partition coefficient (Wildman–Crippen LogP) is 9.88. The lowest BCUT2D eigenvalue weighted by atomic mass is 9.74. The molecule has 1 fully saturated rings. The van der Waals surface area contributed by atoms with Gasteiger partial charge in [-0.2, -0.15) is 5.26 Å². The summed E-state index contributed by atoms with van der Waals surface area (Å²) in [5, 5.41) is 8.92. The van der Waals surface area contributed by atoms with E-state index in [1.54, 1.807) is 0 Å². The smallest absolute Gasteiger partial charge is 0.165 e. The quantitative estimate of drug-likeness (QED) is 0.157. The lowest BCUT2D eigenvalue weighted by molar-refractivity contribution is -0.119. The van der Waals surface area contributed by atoms with Gasteiger partial charge in [0.05, 0.1) is 11.6 Å². The highest BCUT2D eigenvalue weighted by Crippen LogP contribution is 2.37. The number of Topliss-reactive ketones (excluding diaryl/α,β-unsaturated/α-hetero) is 2. The highest BCUT2D eigenvalue weighted by molar-refractivity contribution is 5.98. The number of hydrogen-bond donors (Lipinski definition) is 0. The Balaban J connectivity index is 1.38. The summed E-state index contributed by atoms with van der Waals surface area (Å²) in [6.07, 6.45) is 15.3. The number of aryl methyl sites for hydroxylation is 1. The SMILES string of the molecule is C=Cc1cc(C(=O)C2CCC(CC(CCC)CCCCC(=O)CCc3ccc(C#N)cc3)CC2)ccc1C(C)C. The summed E-state index contributed by atoms with van der Waals surface area (Å²) in [7, 11) is 0. The molecule has 2 aromatic carbocycles. The first-order valence-electron chi connectivity index (χ1n) is 15.7. The van der Waals surface area contributed by atoms with Crippen LogP contribution in [0.5, 0.6) is 0 Å². The van der Waals surface area contributed by atoms with Gasteiger partial charge in [0.15, 0.2) is 5.78 Å². The summed E-state index contributed by atoms with van der Waals surface area (Å²) in [5.41, 5.74) is 4.97. The summed E-state index contributed by atoms with van der Waals surface area (Å²) < 4.78 is 0. The monoisotopic (exact) mass is 539 g/mol. The number of carbonyl (C=O) groups is 2. The maximum Gasteiger partial charge on any atom is 0.165 e. The molecule has 3 heteroatoms. The Hall–Kier alpha value is -2.99. The van der Waals surface area contributed by atoms with Gasteiger partial charge in [0.25, 0.3) is 0 Å². The largest absolute Gasteiger partial charge is 0.300 e. The fraction of sp³-hybridized carbons (Fsp3) is 0.541. The first-order valence-corrected chi connectivity index (χ1v) is 15.7. The average molecular weight is 540 g/mol. The van der Waals surface area contributed by atoms with E-state index in [1.165, 1.54) is 31.2 Å². The summed E-state index contributed by atoms with van der Waals surface area (Å²) in [5.74, 6) is 2.68.